The van der Waals surface area contributed by atoms with Crippen LogP contribution in [0.4, 0.5) is 0 Å². The predicted molar refractivity (Wildman–Crippen MR) is 95.6 cm³/mol. The molecule has 0 radical (unpaired) electrons. The Labute approximate surface area is 151 Å². The first kappa shape index (κ1) is 17.0. The minimum atomic E-state index is -3.43. The van der Waals surface area contributed by atoms with Gasteiger partial charge >= 0.3 is 0 Å². The van der Waals surface area contributed by atoms with Gasteiger partial charge in [0.15, 0.2) is 0 Å². The highest BCUT2D eigenvalue weighted by Crippen LogP contribution is 2.47. The first-order chi connectivity index (χ1) is 12.1. The van der Waals surface area contributed by atoms with Crippen molar-refractivity contribution >= 4 is 21.8 Å². The molecule has 4 rings (SSSR count). The molecule has 2 aromatic rings. The second-order valence-corrected chi connectivity index (χ2v) is 9.84. The van der Waals surface area contributed by atoms with E-state index >= 15 is 0 Å². The minimum absolute atomic E-state index is 0.00986. The number of nitrogens with zero attached hydrogens (tertiary/aromatic N) is 3. The zero-order valence-electron chi connectivity index (χ0n) is 13.6. The van der Waals surface area contributed by atoms with E-state index in [1.165, 1.54) is 10.5 Å². The molecule has 0 saturated carbocycles. The van der Waals surface area contributed by atoms with Crippen molar-refractivity contribution in [2.24, 2.45) is 0 Å². The number of rotatable bonds is 5. The lowest BCUT2D eigenvalue weighted by molar-refractivity contribution is 0.0380. The molecule has 8 heteroatoms. The van der Waals surface area contributed by atoms with Crippen molar-refractivity contribution in [1.29, 1.82) is 0 Å². The first-order valence-electron chi connectivity index (χ1n) is 8.13. The third kappa shape index (κ3) is 3.44. The van der Waals surface area contributed by atoms with Gasteiger partial charge in [0, 0.05) is 42.2 Å². The largest absolute Gasteiger partial charge is 0.371 e. The van der Waals surface area contributed by atoms with Crippen LogP contribution in [0.25, 0.3) is 0 Å². The second-order valence-electron chi connectivity index (χ2n) is 6.41. The predicted octanol–water partition coefficient (Wildman–Crippen LogP) is 1.94. The van der Waals surface area contributed by atoms with E-state index in [1.54, 1.807) is 24.5 Å². The Kier molecular flexibility index (Phi) is 4.53. The summed E-state index contributed by atoms with van der Waals surface area (Å²) in [7, 11) is -3.43. The molecule has 0 N–H and O–H groups in total. The smallest absolute Gasteiger partial charge is 0.244 e. The number of hydrogen-bond donors (Lipinski definition) is 0. The maximum absolute atomic E-state index is 12.6. The molecule has 2 aromatic heterocycles. The number of pyridine rings is 2. The first-order valence-corrected chi connectivity index (χ1v) is 10.6. The van der Waals surface area contributed by atoms with Gasteiger partial charge in [-0.25, -0.2) is 8.42 Å². The average molecular weight is 377 g/mol. The van der Waals surface area contributed by atoms with Crippen LogP contribution in [-0.4, -0.2) is 52.4 Å². The Hall–Kier alpha value is -1.48. The Morgan fingerprint density at radius 2 is 2.12 bits per heavy atom. The third-order valence-electron chi connectivity index (χ3n) is 4.57. The van der Waals surface area contributed by atoms with Gasteiger partial charge in [-0.2, -0.15) is 4.31 Å². The van der Waals surface area contributed by atoms with E-state index in [0.29, 0.717) is 19.7 Å². The Balaban J connectivity index is 1.33. The van der Waals surface area contributed by atoms with Crippen molar-refractivity contribution in [1.82, 2.24) is 14.3 Å². The molecule has 0 aliphatic carbocycles. The molecular weight excluding hydrogens is 358 g/mol. The standard InChI is InChI=1S/C17H19N3O3S2/c21-25(22,16-5-3-6-18-9-16)20-12-17(13-20)8-15(11-24-17)23-10-14-4-1-2-7-19-14/h1-7,9,15H,8,10-13H2. The van der Waals surface area contributed by atoms with Gasteiger partial charge in [0.25, 0.3) is 0 Å². The summed E-state index contributed by atoms with van der Waals surface area (Å²) in [4.78, 5) is 8.43. The lowest BCUT2D eigenvalue weighted by atomic mass is 9.95. The molecule has 132 valence electrons. The molecule has 6 nitrogen and oxygen atoms in total. The SMILES string of the molecule is O=S(=O)(c1cccnc1)N1CC2(CC(OCc3ccccn3)CS2)C1. The van der Waals surface area contributed by atoms with Crippen LogP contribution in [0.5, 0.6) is 0 Å². The molecule has 2 saturated heterocycles. The minimum Gasteiger partial charge on any atom is -0.371 e. The molecule has 1 unspecified atom stereocenters. The van der Waals surface area contributed by atoms with Crippen LogP contribution in [0.3, 0.4) is 0 Å². The summed E-state index contributed by atoms with van der Waals surface area (Å²) < 4.78 is 32.7. The normalized spacial score (nSPS) is 22.8. The summed E-state index contributed by atoms with van der Waals surface area (Å²) in [5.41, 5.74) is 0.919. The van der Waals surface area contributed by atoms with E-state index in [9.17, 15) is 8.42 Å². The van der Waals surface area contributed by atoms with Crippen LogP contribution in [0.1, 0.15) is 12.1 Å². The molecule has 0 bridgehead atoms. The van der Waals surface area contributed by atoms with Gasteiger partial charge in [0.2, 0.25) is 10.0 Å². The zero-order chi connectivity index (χ0) is 17.3. The maximum Gasteiger partial charge on any atom is 0.244 e. The van der Waals surface area contributed by atoms with Gasteiger partial charge in [-0.15, -0.1) is 11.8 Å². The fraction of sp³-hybridized carbons (Fsp3) is 0.412. The number of thioether (sulfide) groups is 1. The maximum atomic E-state index is 12.6. The Morgan fingerprint density at radius 1 is 1.24 bits per heavy atom. The van der Waals surface area contributed by atoms with Crippen LogP contribution >= 0.6 is 11.8 Å². The summed E-state index contributed by atoms with van der Waals surface area (Å²) in [5, 5.41) is 0. The van der Waals surface area contributed by atoms with Gasteiger partial charge in [0.05, 0.1) is 18.4 Å². The summed E-state index contributed by atoms with van der Waals surface area (Å²) in [6, 6.07) is 9.02. The molecular formula is C17H19N3O3S2. The van der Waals surface area contributed by atoms with Crippen LogP contribution < -0.4 is 0 Å². The van der Waals surface area contributed by atoms with E-state index in [0.717, 1.165) is 17.9 Å². The monoisotopic (exact) mass is 377 g/mol. The van der Waals surface area contributed by atoms with Gasteiger partial charge in [0.1, 0.15) is 4.90 Å². The highest BCUT2D eigenvalue weighted by molar-refractivity contribution is 8.01. The summed E-state index contributed by atoms with van der Waals surface area (Å²) >= 11 is 1.82. The van der Waals surface area contributed by atoms with E-state index in [-0.39, 0.29) is 15.7 Å². The van der Waals surface area contributed by atoms with Crippen LogP contribution in [-0.2, 0) is 21.4 Å². The topological polar surface area (TPSA) is 72.4 Å². The zero-order valence-corrected chi connectivity index (χ0v) is 15.2. The highest BCUT2D eigenvalue weighted by atomic mass is 32.2. The van der Waals surface area contributed by atoms with Crippen molar-refractivity contribution in [2.75, 3.05) is 18.8 Å². The molecule has 0 amide bonds. The fourth-order valence-electron chi connectivity index (χ4n) is 3.23. The van der Waals surface area contributed by atoms with Gasteiger partial charge in [-0.1, -0.05) is 6.07 Å². The van der Waals surface area contributed by atoms with E-state index in [1.807, 2.05) is 30.0 Å². The molecule has 2 aliphatic rings. The number of aromatic nitrogens is 2. The van der Waals surface area contributed by atoms with Gasteiger partial charge < -0.3 is 4.74 Å². The average Bonchev–Trinajstić information content (AvgIpc) is 3.05. The highest BCUT2D eigenvalue weighted by Gasteiger charge is 2.53. The van der Waals surface area contributed by atoms with Gasteiger partial charge in [-0.05, 0) is 30.7 Å². The number of hydrogen-bond acceptors (Lipinski definition) is 6. The third-order valence-corrected chi connectivity index (χ3v) is 7.92. The molecule has 1 atom stereocenters. The number of ether oxygens (including phenoxy) is 1. The van der Waals surface area contributed by atoms with Crippen LogP contribution in [0.2, 0.25) is 0 Å². The summed E-state index contributed by atoms with van der Waals surface area (Å²) in [5.74, 6) is 0.896. The molecule has 2 aliphatic heterocycles. The molecule has 0 aromatic carbocycles. The molecule has 4 heterocycles. The second kappa shape index (κ2) is 6.68. The quantitative estimate of drug-likeness (QED) is 0.793. The van der Waals surface area contributed by atoms with Crippen molar-refractivity contribution in [2.45, 2.75) is 28.8 Å². The summed E-state index contributed by atoms with van der Waals surface area (Å²) in [6.45, 7) is 1.58. The number of sulfonamides is 1. The van der Waals surface area contributed by atoms with E-state index < -0.39 is 10.0 Å². The Morgan fingerprint density at radius 3 is 2.84 bits per heavy atom. The van der Waals surface area contributed by atoms with Crippen molar-refractivity contribution in [3.05, 3.63) is 54.6 Å². The lowest BCUT2D eigenvalue weighted by Gasteiger charge is -2.46. The van der Waals surface area contributed by atoms with Crippen molar-refractivity contribution < 1.29 is 13.2 Å². The van der Waals surface area contributed by atoms with Crippen LogP contribution in [0.15, 0.2) is 53.8 Å². The molecule has 25 heavy (non-hydrogen) atoms. The molecule has 2 fully saturated rings. The van der Waals surface area contributed by atoms with Crippen molar-refractivity contribution in [3.8, 4) is 0 Å². The fourth-order valence-corrected chi connectivity index (χ4v) is 6.52. The van der Waals surface area contributed by atoms with E-state index in [2.05, 4.69) is 9.97 Å². The molecule has 1 spiro atoms. The van der Waals surface area contributed by atoms with Gasteiger partial charge in [-0.3, -0.25) is 9.97 Å². The summed E-state index contributed by atoms with van der Waals surface area (Å²) in [6.07, 6.45) is 5.77. The van der Waals surface area contributed by atoms with E-state index in [4.69, 9.17) is 4.74 Å². The Bertz CT molecular complexity index is 825. The lowest BCUT2D eigenvalue weighted by Crippen LogP contribution is -2.60. The van der Waals surface area contributed by atoms with Crippen molar-refractivity contribution in [3.63, 3.8) is 0 Å². The van der Waals surface area contributed by atoms with Crippen LogP contribution in [0, 0.1) is 0 Å².